The van der Waals surface area contributed by atoms with Crippen molar-refractivity contribution in [1.82, 2.24) is 19.5 Å². The van der Waals surface area contributed by atoms with Crippen molar-refractivity contribution in [2.45, 2.75) is 24.5 Å². The van der Waals surface area contributed by atoms with E-state index in [1.165, 1.54) is 10.9 Å². The number of rotatable bonds is 10. The van der Waals surface area contributed by atoms with Crippen molar-refractivity contribution in [1.29, 1.82) is 0 Å². The molecule has 0 aromatic carbocycles. The zero-order chi connectivity index (χ0) is 25.3. The predicted molar refractivity (Wildman–Crippen MR) is 108 cm³/mol. The number of anilines is 1. The number of terminal acetylenes is 1. The van der Waals surface area contributed by atoms with Crippen LogP contribution in [0.2, 0.25) is 0 Å². The molecular weight excluding hydrogens is 527 g/mol. The van der Waals surface area contributed by atoms with Crippen LogP contribution >= 0.6 is 23.5 Å². The quantitative estimate of drug-likeness (QED) is 0.155. The van der Waals surface area contributed by atoms with E-state index in [9.17, 15) is 28.8 Å². The van der Waals surface area contributed by atoms with Gasteiger partial charge in [0.15, 0.2) is 17.7 Å². The molecule has 2 aromatic rings. The zero-order valence-electron chi connectivity index (χ0n) is 16.7. The highest BCUT2D eigenvalue weighted by Gasteiger charge is 2.47. The van der Waals surface area contributed by atoms with Crippen LogP contribution in [0.1, 0.15) is 6.23 Å². The largest absolute Gasteiger partial charge is 0.493 e. The second-order valence-electron chi connectivity index (χ2n) is 6.47. The summed E-state index contributed by atoms with van der Waals surface area (Å²) in [5, 5.41) is 20.6. The first-order valence-electron chi connectivity index (χ1n) is 8.83. The Hall–Kier alpha value is -1.80. The molecule has 0 bridgehead atoms. The first kappa shape index (κ1) is 26.8. The molecule has 3 rings (SSSR count). The van der Waals surface area contributed by atoms with Crippen LogP contribution in [0.4, 0.5) is 5.82 Å². The molecule has 188 valence electrons. The summed E-state index contributed by atoms with van der Waals surface area (Å²) in [5.41, 5.74) is 6.04. The van der Waals surface area contributed by atoms with Crippen LogP contribution in [0.5, 0.6) is 0 Å². The molecule has 34 heavy (non-hydrogen) atoms. The first-order chi connectivity index (χ1) is 15.8. The highest BCUT2D eigenvalue weighted by Crippen LogP contribution is 2.69. The van der Waals surface area contributed by atoms with E-state index in [1.807, 2.05) is 0 Å². The van der Waals surface area contributed by atoms with Crippen LogP contribution in [0.3, 0.4) is 0 Å². The van der Waals surface area contributed by atoms with Gasteiger partial charge in [0.1, 0.15) is 36.8 Å². The van der Waals surface area contributed by atoms with Gasteiger partial charge >= 0.3 is 23.5 Å². The van der Waals surface area contributed by atoms with Gasteiger partial charge in [0.25, 0.3) is 0 Å². The average Bonchev–Trinajstić information content (AvgIpc) is 3.26. The van der Waals surface area contributed by atoms with Crippen molar-refractivity contribution in [3.8, 4) is 12.3 Å². The molecule has 1 saturated heterocycles. The molecule has 3 heterocycles. The maximum atomic E-state index is 12.3. The van der Waals surface area contributed by atoms with Crippen molar-refractivity contribution >= 4 is 40.4 Å². The van der Waals surface area contributed by atoms with Crippen LogP contribution in [0.25, 0.3) is 11.2 Å². The van der Waals surface area contributed by atoms with Crippen molar-refractivity contribution in [3.63, 3.8) is 0 Å². The molecular formula is C13H18N5O13P3. The Morgan fingerprint density at radius 2 is 1.82 bits per heavy atom. The van der Waals surface area contributed by atoms with Crippen molar-refractivity contribution < 1.29 is 61.0 Å². The summed E-state index contributed by atoms with van der Waals surface area (Å²) in [4.78, 5) is 39.2. The molecule has 18 nitrogen and oxygen atoms in total. The number of nitrogens with two attached hydrogens (primary N) is 1. The molecule has 0 aliphatic carbocycles. The number of hydrogen-bond acceptors (Lipinski definition) is 14. The minimum Gasteiger partial charge on any atom is -0.387 e. The average molecular weight is 545 g/mol. The summed E-state index contributed by atoms with van der Waals surface area (Å²) in [6, 6.07) is 0. The number of aliphatic hydroxyl groups is 2. The second-order valence-corrected chi connectivity index (χ2v) is 11.1. The van der Waals surface area contributed by atoms with Crippen LogP contribution < -0.4 is 5.73 Å². The summed E-state index contributed by atoms with van der Waals surface area (Å²) < 4.78 is 59.0. The number of imidazole rings is 1. The van der Waals surface area contributed by atoms with E-state index >= 15 is 0 Å². The first-order valence-corrected chi connectivity index (χ1v) is 13.3. The molecule has 1 fully saturated rings. The van der Waals surface area contributed by atoms with Gasteiger partial charge < -0.3 is 35.4 Å². The van der Waals surface area contributed by atoms with Crippen molar-refractivity contribution in [2.75, 3.05) is 18.9 Å². The van der Waals surface area contributed by atoms with E-state index in [4.69, 9.17) is 26.7 Å². The minimum absolute atomic E-state index is 0.0454. The van der Waals surface area contributed by atoms with Crippen molar-refractivity contribution in [2.24, 2.45) is 0 Å². The van der Waals surface area contributed by atoms with Gasteiger partial charge in [-0.05, 0) is 0 Å². The smallest absolute Gasteiger partial charge is 0.387 e. The number of nitrogens with zero attached hydrogens (tertiary/aromatic N) is 4. The Labute approximate surface area is 190 Å². The maximum Gasteiger partial charge on any atom is 0.493 e. The molecule has 7 N–H and O–H groups in total. The fraction of sp³-hybridized carbons (Fsp3) is 0.462. The van der Waals surface area contributed by atoms with Crippen LogP contribution in [0.15, 0.2) is 12.7 Å². The van der Waals surface area contributed by atoms with Gasteiger partial charge in [-0.3, -0.25) is 13.6 Å². The van der Waals surface area contributed by atoms with Gasteiger partial charge in [-0.2, -0.15) is 8.62 Å². The highest BCUT2D eigenvalue weighted by atomic mass is 31.3. The number of ether oxygens (including phenoxy) is 1. The molecule has 21 heteroatoms. The number of aliphatic hydroxyl groups excluding tert-OH is 2. The fourth-order valence-electron chi connectivity index (χ4n) is 2.78. The molecule has 6 atom stereocenters. The lowest BCUT2D eigenvalue weighted by Crippen LogP contribution is -2.33. The molecule has 1 aliphatic rings. The maximum absolute atomic E-state index is 12.3. The van der Waals surface area contributed by atoms with E-state index in [0.717, 1.165) is 6.33 Å². The van der Waals surface area contributed by atoms with Crippen LogP contribution in [-0.4, -0.2) is 75.9 Å². The van der Waals surface area contributed by atoms with Gasteiger partial charge in [0.05, 0.1) is 12.9 Å². The number of phosphoric ester groups is 1. The minimum atomic E-state index is -5.53. The number of phosphoric acid groups is 3. The van der Waals surface area contributed by atoms with E-state index in [0.29, 0.717) is 0 Å². The number of fused-ring (bicyclic) bond motifs is 1. The van der Waals surface area contributed by atoms with Crippen LogP contribution in [-0.2, 0) is 36.1 Å². The number of aromatic nitrogens is 4. The Kier molecular flexibility index (Phi) is 7.92. The molecule has 0 spiro atoms. The van der Waals surface area contributed by atoms with Crippen LogP contribution in [0, 0.1) is 12.3 Å². The molecule has 2 aromatic heterocycles. The van der Waals surface area contributed by atoms with E-state index < -0.39 is 61.2 Å². The van der Waals surface area contributed by atoms with Gasteiger partial charge in [-0.15, -0.1) is 6.42 Å². The van der Waals surface area contributed by atoms with Crippen molar-refractivity contribution in [3.05, 3.63) is 12.7 Å². The lowest BCUT2D eigenvalue weighted by molar-refractivity contribution is -0.0503. The van der Waals surface area contributed by atoms with E-state index in [2.05, 4.69) is 32.6 Å². The van der Waals surface area contributed by atoms with E-state index in [-0.39, 0.29) is 17.0 Å². The molecule has 2 unspecified atom stereocenters. The normalized spacial score (nSPS) is 26.7. The third-order valence-electron chi connectivity index (χ3n) is 4.12. The summed E-state index contributed by atoms with van der Waals surface area (Å²) in [7, 11) is -16.3. The third-order valence-corrected chi connectivity index (χ3v) is 8.31. The standard InChI is InChI=1S/C13H18N5O13P3/c1-2-3-27-34(26,30-32(21,22)23)31-33(24,25)28-4-7-9(19)10(20)13(29-7)18-6-17-8-11(14)15-5-16-12(8)18/h1,5-7,9-10,13,19-20H,3-4H2,(H,24,25)(H2,14,15,16)(H2,21,22,23)/t7-,9-,10-,13-,34?/m1/s1. The monoisotopic (exact) mass is 545 g/mol. The van der Waals surface area contributed by atoms with E-state index in [1.54, 1.807) is 5.92 Å². The third kappa shape index (κ3) is 6.25. The topological polar surface area (TPSA) is 268 Å². The Balaban J connectivity index is 1.71. The Morgan fingerprint density at radius 3 is 2.47 bits per heavy atom. The van der Waals surface area contributed by atoms with Gasteiger partial charge in [-0.25, -0.2) is 28.6 Å². The second kappa shape index (κ2) is 10.1. The zero-order valence-corrected chi connectivity index (χ0v) is 19.3. The molecule has 0 radical (unpaired) electrons. The summed E-state index contributed by atoms with van der Waals surface area (Å²) in [6.45, 7) is -1.81. The molecule has 1 aliphatic heterocycles. The summed E-state index contributed by atoms with van der Waals surface area (Å²) in [6.07, 6.45) is 1.22. The lowest BCUT2D eigenvalue weighted by atomic mass is 10.1. The highest BCUT2D eigenvalue weighted by molar-refractivity contribution is 7.67. The summed E-state index contributed by atoms with van der Waals surface area (Å²) >= 11 is 0. The predicted octanol–water partition coefficient (Wildman–Crippen LogP) is -0.972. The Bertz CT molecular complexity index is 1230. The summed E-state index contributed by atoms with van der Waals surface area (Å²) in [5.74, 6) is 1.84. The molecule has 0 saturated carbocycles. The van der Waals surface area contributed by atoms with Gasteiger partial charge in [0.2, 0.25) is 0 Å². The molecule has 0 amide bonds. The number of hydrogen-bond donors (Lipinski definition) is 6. The Morgan fingerprint density at radius 1 is 1.12 bits per heavy atom. The SMILES string of the molecule is C#CCOP(=O)(OP(=O)(O)O)OP(=O)(O)OC[C@H]1O[C@@H](n2cnc3c(N)ncnc32)[C@H](O)[C@@H]1O. The lowest BCUT2D eigenvalue weighted by Gasteiger charge is -2.21. The number of nitrogen functional groups attached to an aromatic ring is 1. The van der Waals surface area contributed by atoms with Gasteiger partial charge in [-0.1, -0.05) is 5.92 Å². The fourth-order valence-corrected chi connectivity index (χ4v) is 6.35. The van der Waals surface area contributed by atoms with Gasteiger partial charge in [0, 0.05) is 0 Å².